The molecule has 3 aromatic rings. The summed E-state index contributed by atoms with van der Waals surface area (Å²) in [5.74, 6) is -0.998. The summed E-state index contributed by atoms with van der Waals surface area (Å²) >= 11 is 5.84. The Morgan fingerprint density at radius 2 is 1.55 bits per heavy atom. The van der Waals surface area contributed by atoms with Gasteiger partial charge in [-0.25, -0.2) is 12.8 Å². The van der Waals surface area contributed by atoms with Crippen molar-refractivity contribution in [3.8, 4) is 0 Å². The summed E-state index contributed by atoms with van der Waals surface area (Å²) in [5.41, 5.74) is 1.01. The van der Waals surface area contributed by atoms with Crippen LogP contribution in [0.2, 0.25) is 5.02 Å². The normalized spacial score (nSPS) is 11.1. The van der Waals surface area contributed by atoms with Crippen molar-refractivity contribution in [2.45, 2.75) is 11.4 Å². The van der Waals surface area contributed by atoms with Crippen LogP contribution in [-0.4, -0.2) is 20.9 Å². The third kappa shape index (κ3) is 5.34. The van der Waals surface area contributed by atoms with Crippen molar-refractivity contribution in [1.29, 1.82) is 0 Å². The Morgan fingerprint density at radius 1 is 0.931 bits per heavy atom. The van der Waals surface area contributed by atoms with Gasteiger partial charge >= 0.3 is 0 Å². The van der Waals surface area contributed by atoms with Crippen LogP contribution in [0.3, 0.4) is 0 Å². The SMILES string of the molecule is O=C(CN(c1ccc(F)cc1)S(=O)(=O)c1ccccc1)NCc1ccc(Cl)cc1. The molecule has 5 nitrogen and oxygen atoms in total. The Kier molecular flexibility index (Phi) is 6.51. The van der Waals surface area contributed by atoms with Gasteiger partial charge in [0.2, 0.25) is 5.91 Å². The largest absolute Gasteiger partial charge is 0.350 e. The van der Waals surface area contributed by atoms with Crippen molar-refractivity contribution < 1.29 is 17.6 Å². The quantitative estimate of drug-likeness (QED) is 0.613. The number of benzene rings is 3. The topological polar surface area (TPSA) is 66.5 Å². The maximum atomic E-state index is 13.3. The van der Waals surface area contributed by atoms with E-state index < -0.39 is 28.3 Å². The molecule has 0 spiro atoms. The van der Waals surface area contributed by atoms with Gasteiger partial charge in [0.1, 0.15) is 12.4 Å². The number of hydrogen-bond donors (Lipinski definition) is 1. The highest BCUT2D eigenvalue weighted by atomic mass is 35.5. The zero-order valence-electron chi connectivity index (χ0n) is 15.3. The first kappa shape index (κ1) is 20.8. The highest BCUT2D eigenvalue weighted by molar-refractivity contribution is 7.92. The van der Waals surface area contributed by atoms with Gasteiger partial charge in [-0.1, -0.05) is 41.9 Å². The third-order valence-electron chi connectivity index (χ3n) is 4.14. The molecular formula is C21H18ClFN2O3S. The molecule has 0 aromatic heterocycles. The van der Waals surface area contributed by atoms with Crippen LogP contribution in [0, 0.1) is 5.82 Å². The lowest BCUT2D eigenvalue weighted by molar-refractivity contribution is -0.119. The van der Waals surface area contributed by atoms with E-state index in [-0.39, 0.29) is 17.1 Å². The van der Waals surface area contributed by atoms with Gasteiger partial charge in [-0.3, -0.25) is 9.10 Å². The molecule has 8 heteroatoms. The van der Waals surface area contributed by atoms with E-state index in [2.05, 4.69) is 5.32 Å². The lowest BCUT2D eigenvalue weighted by atomic mass is 10.2. The van der Waals surface area contributed by atoms with E-state index in [1.807, 2.05) is 0 Å². The minimum atomic E-state index is -4.02. The van der Waals surface area contributed by atoms with E-state index in [9.17, 15) is 17.6 Å². The van der Waals surface area contributed by atoms with Gasteiger partial charge in [-0.15, -0.1) is 0 Å². The van der Waals surface area contributed by atoms with Gasteiger partial charge in [0, 0.05) is 11.6 Å². The fourth-order valence-corrected chi connectivity index (χ4v) is 4.20. The molecule has 3 aromatic carbocycles. The maximum absolute atomic E-state index is 13.3. The molecule has 0 atom stereocenters. The Morgan fingerprint density at radius 3 is 2.17 bits per heavy atom. The summed E-state index contributed by atoms with van der Waals surface area (Å²) in [5, 5.41) is 3.27. The van der Waals surface area contributed by atoms with E-state index in [0.29, 0.717) is 5.02 Å². The molecule has 0 radical (unpaired) electrons. The summed E-state index contributed by atoms with van der Waals surface area (Å²) in [6.45, 7) is -0.227. The number of sulfonamides is 1. The predicted molar refractivity (Wildman–Crippen MR) is 111 cm³/mol. The number of carbonyl (C=O) groups is 1. The van der Waals surface area contributed by atoms with Crippen LogP contribution in [0.5, 0.6) is 0 Å². The van der Waals surface area contributed by atoms with E-state index in [1.54, 1.807) is 42.5 Å². The van der Waals surface area contributed by atoms with Gasteiger partial charge in [0.05, 0.1) is 10.6 Å². The fourth-order valence-electron chi connectivity index (χ4n) is 2.63. The number of anilines is 1. The summed E-state index contributed by atoms with van der Waals surface area (Å²) in [7, 11) is -4.02. The van der Waals surface area contributed by atoms with Crippen molar-refractivity contribution in [2.75, 3.05) is 10.8 Å². The molecule has 0 unspecified atom stereocenters. The van der Waals surface area contributed by atoms with Gasteiger partial charge in [0.25, 0.3) is 10.0 Å². The highest BCUT2D eigenvalue weighted by Crippen LogP contribution is 2.23. The van der Waals surface area contributed by atoms with Crippen molar-refractivity contribution in [2.24, 2.45) is 0 Å². The average molecular weight is 433 g/mol. The van der Waals surface area contributed by atoms with Crippen LogP contribution in [-0.2, 0) is 21.4 Å². The number of halogens is 2. The number of amides is 1. The Bertz CT molecular complexity index is 1070. The molecule has 1 amide bonds. The monoisotopic (exact) mass is 432 g/mol. The van der Waals surface area contributed by atoms with Crippen LogP contribution in [0.25, 0.3) is 0 Å². The molecule has 1 N–H and O–H groups in total. The molecule has 0 fully saturated rings. The van der Waals surface area contributed by atoms with Crippen molar-refractivity contribution in [3.63, 3.8) is 0 Å². The average Bonchev–Trinajstić information content (AvgIpc) is 2.73. The number of carbonyl (C=O) groups excluding carboxylic acids is 1. The summed E-state index contributed by atoms with van der Waals surface area (Å²) in [4.78, 5) is 12.5. The maximum Gasteiger partial charge on any atom is 0.264 e. The smallest absolute Gasteiger partial charge is 0.264 e. The fraction of sp³-hybridized carbons (Fsp3) is 0.0952. The Hall–Kier alpha value is -2.90. The second-order valence-corrected chi connectivity index (χ2v) is 8.50. The Labute approximate surface area is 173 Å². The van der Waals surface area contributed by atoms with E-state index in [1.165, 1.54) is 24.3 Å². The molecule has 0 saturated carbocycles. The van der Waals surface area contributed by atoms with Crippen LogP contribution < -0.4 is 9.62 Å². The number of nitrogens with zero attached hydrogens (tertiary/aromatic N) is 1. The first-order chi connectivity index (χ1) is 13.9. The second kappa shape index (κ2) is 9.07. The van der Waals surface area contributed by atoms with Gasteiger partial charge in [-0.05, 0) is 54.1 Å². The van der Waals surface area contributed by atoms with Gasteiger partial charge in [0.15, 0.2) is 0 Å². The first-order valence-electron chi connectivity index (χ1n) is 8.71. The van der Waals surface area contributed by atoms with E-state index in [4.69, 9.17) is 11.6 Å². The number of hydrogen-bond acceptors (Lipinski definition) is 3. The van der Waals surface area contributed by atoms with Crippen molar-refractivity contribution >= 4 is 33.2 Å². The molecule has 0 aliphatic carbocycles. The van der Waals surface area contributed by atoms with Crippen molar-refractivity contribution in [1.82, 2.24) is 5.32 Å². The van der Waals surface area contributed by atoms with Crippen molar-refractivity contribution in [3.05, 3.63) is 95.3 Å². The molecular weight excluding hydrogens is 415 g/mol. The van der Waals surface area contributed by atoms with Crippen LogP contribution >= 0.6 is 11.6 Å². The lowest BCUT2D eigenvalue weighted by Gasteiger charge is -2.24. The van der Waals surface area contributed by atoms with Crippen LogP contribution in [0.1, 0.15) is 5.56 Å². The highest BCUT2D eigenvalue weighted by Gasteiger charge is 2.27. The van der Waals surface area contributed by atoms with Crippen LogP contribution in [0.4, 0.5) is 10.1 Å². The standard InChI is InChI=1S/C21H18ClFN2O3S/c22-17-8-6-16(7-9-17)14-24-21(26)15-25(19-12-10-18(23)11-13-19)29(27,28)20-4-2-1-3-5-20/h1-13H,14-15H2,(H,24,26). The zero-order chi connectivity index (χ0) is 20.9. The first-order valence-corrected chi connectivity index (χ1v) is 10.5. The summed E-state index contributed by atoms with van der Waals surface area (Å²) in [6.07, 6.45) is 0. The van der Waals surface area contributed by atoms with E-state index >= 15 is 0 Å². The molecule has 150 valence electrons. The summed E-state index contributed by atoms with van der Waals surface area (Å²) in [6, 6.07) is 19.6. The number of nitrogens with one attached hydrogen (secondary N) is 1. The van der Waals surface area contributed by atoms with Gasteiger partial charge in [-0.2, -0.15) is 0 Å². The van der Waals surface area contributed by atoms with Gasteiger partial charge < -0.3 is 5.32 Å². The third-order valence-corrected chi connectivity index (χ3v) is 6.18. The zero-order valence-corrected chi connectivity index (χ0v) is 16.8. The molecule has 0 bridgehead atoms. The molecule has 29 heavy (non-hydrogen) atoms. The minimum absolute atomic E-state index is 0.0369. The van der Waals surface area contributed by atoms with E-state index in [0.717, 1.165) is 22.0 Å². The van der Waals surface area contributed by atoms with Crippen LogP contribution in [0.15, 0.2) is 83.8 Å². The molecule has 0 aliphatic heterocycles. The Balaban J connectivity index is 1.82. The molecule has 0 aliphatic rings. The molecule has 3 rings (SSSR count). The molecule has 0 heterocycles. The lowest BCUT2D eigenvalue weighted by Crippen LogP contribution is -2.40. The molecule has 0 saturated heterocycles. The predicted octanol–water partition coefficient (Wildman–Crippen LogP) is 3.99. The summed E-state index contributed by atoms with van der Waals surface area (Å²) < 4.78 is 40.5. The number of rotatable bonds is 7. The minimum Gasteiger partial charge on any atom is -0.350 e. The second-order valence-electron chi connectivity index (χ2n) is 6.20.